The van der Waals surface area contributed by atoms with Gasteiger partial charge in [0.15, 0.2) is 0 Å². The van der Waals surface area contributed by atoms with Gasteiger partial charge in [-0.2, -0.15) is 0 Å². The van der Waals surface area contributed by atoms with Crippen LogP contribution in [0, 0.1) is 0 Å². The fourth-order valence-electron chi connectivity index (χ4n) is 7.76. The third-order valence-electron chi connectivity index (χ3n) is 10.2. The second-order valence-electron chi connectivity index (χ2n) is 13.3. The van der Waals surface area contributed by atoms with E-state index in [1.54, 1.807) is 0 Å². The lowest BCUT2D eigenvalue weighted by atomic mass is 9.96. The molecule has 0 unspecified atom stereocenters. The number of rotatable bonds is 6. The first-order valence-electron chi connectivity index (χ1n) is 17.8. The van der Waals surface area contributed by atoms with Crippen molar-refractivity contribution in [2.24, 2.45) is 0 Å². The van der Waals surface area contributed by atoms with E-state index in [0.717, 1.165) is 50.1 Å². The van der Waals surface area contributed by atoms with Gasteiger partial charge in [0.1, 0.15) is 11.2 Å². The van der Waals surface area contributed by atoms with Gasteiger partial charge in [0, 0.05) is 27.4 Å². The number of hydrogen-bond donors (Lipinski definition) is 0. The molecule has 0 amide bonds. The molecule has 0 spiro atoms. The van der Waals surface area contributed by atoms with Crippen molar-refractivity contribution in [2.45, 2.75) is 0 Å². The predicted molar refractivity (Wildman–Crippen MR) is 220 cm³/mol. The molecule has 0 aliphatic heterocycles. The Morgan fingerprint density at radius 3 is 1.79 bits per heavy atom. The molecule has 0 radical (unpaired) electrons. The highest BCUT2D eigenvalue weighted by Crippen LogP contribution is 2.46. The zero-order chi connectivity index (χ0) is 34.4. The van der Waals surface area contributed by atoms with Crippen LogP contribution in [0.25, 0.3) is 76.9 Å². The van der Waals surface area contributed by atoms with Gasteiger partial charge in [0.05, 0.1) is 11.4 Å². The van der Waals surface area contributed by atoms with Gasteiger partial charge in [-0.15, -0.1) is 0 Å². The van der Waals surface area contributed by atoms with Gasteiger partial charge in [-0.1, -0.05) is 152 Å². The zero-order valence-electron chi connectivity index (χ0n) is 28.4. The fraction of sp³-hybridized carbons (Fsp3) is 0. The molecule has 0 saturated carbocycles. The fourth-order valence-corrected chi connectivity index (χ4v) is 7.76. The molecular formula is C50H33NO. The Labute approximate surface area is 302 Å². The van der Waals surface area contributed by atoms with Gasteiger partial charge in [0.2, 0.25) is 0 Å². The van der Waals surface area contributed by atoms with E-state index in [0.29, 0.717) is 0 Å². The largest absolute Gasteiger partial charge is 0.456 e. The molecule has 1 aromatic heterocycles. The summed E-state index contributed by atoms with van der Waals surface area (Å²) in [5.74, 6) is 0. The third kappa shape index (κ3) is 5.12. The Balaban J connectivity index is 1.12. The van der Waals surface area contributed by atoms with E-state index in [-0.39, 0.29) is 0 Å². The lowest BCUT2D eigenvalue weighted by Crippen LogP contribution is -2.11. The second-order valence-corrected chi connectivity index (χ2v) is 13.3. The highest BCUT2D eigenvalue weighted by Gasteiger charge is 2.21. The minimum atomic E-state index is 0.889. The summed E-state index contributed by atoms with van der Waals surface area (Å²) in [6.07, 6.45) is 0. The summed E-state index contributed by atoms with van der Waals surface area (Å²) in [6, 6.07) is 71.8. The van der Waals surface area contributed by atoms with Crippen LogP contribution in [0.3, 0.4) is 0 Å². The van der Waals surface area contributed by atoms with Crippen LogP contribution in [0.4, 0.5) is 17.1 Å². The third-order valence-corrected chi connectivity index (χ3v) is 10.2. The molecule has 52 heavy (non-hydrogen) atoms. The van der Waals surface area contributed by atoms with E-state index in [4.69, 9.17) is 4.42 Å². The van der Waals surface area contributed by atoms with E-state index < -0.39 is 0 Å². The van der Waals surface area contributed by atoms with E-state index in [2.05, 4.69) is 193 Å². The Morgan fingerprint density at radius 1 is 0.327 bits per heavy atom. The first kappa shape index (κ1) is 30.0. The Hall–Kier alpha value is -6.90. The van der Waals surface area contributed by atoms with E-state index >= 15 is 0 Å². The zero-order valence-corrected chi connectivity index (χ0v) is 28.4. The summed E-state index contributed by atoms with van der Waals surface area (Å²) in [7, 11) is 0. The molecule has 0 bridgehead atoms. The van der Waals surface area contributed by atoms with E-state index in [1.165, 1.54) is 43.8 Å². The van der Waals surface area contributed by atoms with Crippen molar-refractivity contribution in [3.63, 3.8) is 0 Å². The molecule has 244 valence electrons. The average molecular weight is 664 g/mol. The molecule has 10 aromatic rings. The van der Waals surface area contributed by atoms with Crippen LogP contribution in [-0.4, -0.2) is 0 Å². The molecule has 10 rings (SSSR count). The average Bonchev–Trinajstić information content (AvgIpc) is 3.61. The Bertz CT molecular complexity index is 2910. The lowest BCUT2D eigenvalue weighted by molar-refractivity contribution is 0.669. The number of nitrogens with zero attached hydrogens (tertiary/aromatic N) is 1. The van der Waals surface area contributed by atoms with Crippen molar-refractivity contribution in [3.05, 3.63) is 200 Å². The maximum absolute atomic E-state index is 6.34. The van der Waals surface area contributed by atoms with Crippen LogP contribution >= 0.6 is 0 Å². The summed E-state index contributed by atoms with van der Waals surface area (Å²) in [4.78, 5) is 2.41. The summed E-state index contributed by atoms with van der Waals surface area (Å²) >= 11 is 0. The van der Waals surface area contributed by atoms with Gasteiger partial charge < -0.3 is 9.32 Å². The van der Waals surface area contributed by atoms with Gasteiger partial charge in [-0.25, -0.2) is 0 Å². The summed E-state index contributed by atoms with van der Waals surface area (Å²) in [6.45, 7) is 0. The van der Waals surface area contributed by atoms with Crippen molar-refractivity contribution in [3.8, 4) is 33.4 Å². The molecule has 0 aliphatic carbocycles. The van der Waals surface area contributed by atoms with E-state index in [9.17, 15) is 0 Å². The molecule has 2 heteroatoms. The smallest absolute Gasteiger partial charge is 0.136 e. The number of hydrogen-bond acceptors (Lipinski definition) is 2. The van der Waals surface area contributed by atoms with E-state index in [1.807, 2.05) is 12.1 Å². The normalized spacial score (nSPS) is 11.5. The van der Waals surface area contributed by atoms with Crippen LogP contribution < -0.4 is 4.90 Å². The molecule has 0 N–H and O–H groups in total. The highest BCUT2D eigenvalue weighted by molar-refractivity contribution is 6.14. The van der Waals surface area contributed by atoms with Crippen LogP contribution in [0.2, 0.25) is 0 Å². The van der Waals surface area contributed by atoms with Crippen molar-refractivity contribution in [2.75, 3.05) is 4.90 Å². The quantitative estimate of drug-likeness (QED) is 0.176. The number of furan rings is 1. The Morgan fingerprint density at radius 2 is 0.904 bits per heavy atom. The standard InChI is InChI=1S/C50H33NO/c1-2-14-37-33-40(27-26-34(37)12-1)39-17-9-16-38(32-39)35-28-30-41(31-29-35)51(46-23-10-15-36-13-3-4-18-42(36)46)47-22-7-5-19-43(47)44-21-11-25-49-50(44)45-20-6-8-24-48(45)52-49/h1-33H. The SMILES string of the molecule is c1cc(-c2ccc(N(c3ccccc3-c3cccc4oc5ccccc5c34)c3cccc4ccccc34)cc2)cc(-c2ccc3ccccc3c2)c1. The Kier molecular flexibility index (Phi) is 7.18. The van der Waals surface area contributed by atoms with Crippen LogP contribution in [0.1, 0.15) is 0 Å². The molecule has 0 saturated heterocycles. The van der Waals surface area contributed by atoms with Crippen molar-refractivity contribution in [1.82, 2.24) is 0 Å². The van der Waals surface area contributed by atoms with Gasteiger partial charge in [-0.05, 0) is 92.5 Å². The minimum absolute atomic E-state index is 0.889. The minimum Gasteiger partial charge on any atom is -0.456 e. The molecule has 9 aromatic carbocycles. The lowest BCUT2D eigenvalue weighted by Gasteiger charge is -2.29. The molecule has 0 fully saturated rings. The summed E-state index contributed by atoms with van der Waals surface area (Å²) < 4.78 is 6.34. The maximum atomic E-state index is 6.34. The molecule has 0 atom stereocenters. The van der Waals surface area contributed by atoms with Gasteiger partial charge >= 0.3 is 0 Å². The van der Waals surface area contributed by atoms with Crippen molar-refractivity contribution in [1.29, 1.82) is 0 Å². The van der Waals surface area contributed by atoms with Gasteiger partial charge in [0.25, 0.3) is 0 Å². The highest BCUT2D eigenvalue weighted by atomic mass is 16.3. The molecule has 2 nitrogen and oxygen atoms in total. The topological polar surface area (TPSA) is 16.4 Å². The van der Waals surface area contributed by atoms with Gasteiger partial charge in [-0.3, -0.25) is 0 Å². The molecule has 0 aliphatic rings. The molecular weight excluding hydrogens is 631 g/mol. The predicted octanol–water partition coefficient (Wildman–Crippen LogP) is 14.4. The molecule has 1 heterocycles. The second kappa shape index (κ2) is 12.5. The summed E-state index contributed by atoms with van der Waals surface area (Å²) in [5, 5.41) is 7.15. The first-order chi connectivity index (χ1) is 25.8. The van der Waals surface area contributed by atoms with Crippen molar-refractivity contribution >= 4 is 60.5 Å². The number of fused-ring (bicyclic) bond motifs is 5. The monoisotopic (exact) mass is 663 g/mol. The number of benzene rings is 9. The van der Waals surface area contributed by atoms with Crippen LogP contribution in [0.15, 0.2) is 205 Å². The van der Waals surface area contributed by atoms with Crippen LogP contribution in [-0.2, 0) is 0 Å². The summed E-state index contributed by atoms with van der Waals surface area (Å²) in [5.41, 5.74) is 12.2. The number of para-hydroxylation sites is 2. The maximum Gasteiger partial charge on any atom is 0.136 e. The first-order valence-corrected chi connectivity index (χ1v) is 17.8. The van der Waals surface area contributed by atoms with Crippen molar-refractivity contribution < 1.29 is 4.42 Å². The number of anilines is 3. The van der Waals surface area contributed by atoms with Crippen LogP contribution in [0.5, 0.6) is 0 Å².